The summed E-state index contributed by atoms with van der Waals surface area (Å²) in [6.07, 6.45) is 2.75. The average molecular weight is 340 g/mol. The topological polar surface area (TPSA) is 87.6 Å². The number of furan rings is 2. The minimum atomic E-state index is -0.869. The van der Waals surface area contributed by atoms with Gasteiger partial charge in [-0.25, -0.2) is 4.79 Å². The molecule has 1 aliphatic carbocycles. The molecule has 0 spiro atoms. The quantitative estimate of drug-likeness (QED) is 0.641. The fraction of sp³-hybridized carbons (Fsp3) is 0.316. The van der Waals surface area contributed by atoms with Crippen LogP contribution in [0.4, 0.5) is 4.79 Å². The van der Waals surface area contributed by atoms with Crippen LogP contribution in [0, 0.1) is 5.92 Å². The highest BCUT2D eigenvalue weighted by Crippen LogP contribution is 2.42. The van der Waals surface area contributed by atoms with Gasteiger partial charge in [0.15, 0.2) is 0 Å². The molecule has 6 nitrogen and oxygen atoms in total. The average Bonchev–Trinajstić information content (AvgIpc) is 3.14. The van der Waals surface area contributed by atoms with Gasteiger partial charge in [-0.1, -0.05) is 18.2 Å². The third-order valence-electron chi connectivity index (χ3n) is 4.46. The maximum atomic E-state index is 12.2. The smallest absolute Gasteiger partial charge is 0.315 e. The van der Waals surface area contributed by atoms with Crippen LogP contribution in [0.3, 0.4) is 0 Å². The van der Waals surface area contributed by atoms with Crippen molar-refractivity contribution in [1.29, 1.82) is 0 Å². The van der Waals surface area contributed by atoms with E-state index in [0.29, 0.717) is 11.7 Å². The number of urea groups is 1. The van der Waals surface area contributed by atoms with E-state index in [2.05, 4.69) is 10.6 Å². The maximum absolute atomic E-state index is 12.2. The lowest BCUT2D eigenvalue weighted by Crippen LogP contribution is -2.40. The Kier molecular flexibility index (Phi) is 4.19. The normalized spacial score (nSPS) is 16.5. The third-order valence-corrected chi connectivity index (χ3v) is 4.46. The van der Waals surface area contributed by atoms with E-state index in [4.69, 9.17) is 8.83 Å². The Morgan fingerprint density at radius 3 is 2.76 bits per heavy atom. The molecule has 25 heavy (non-hydrogen) atoms. The zero-order chi connectivity index (χ0) is 17.2. The van der Waals surface area contributed by atoms with Gasteiger partial charge in [-0.2, -0.15) is 0 Å². The lowest BCUT2D eigenvalue weighted by Gasteiger charge is -2.17. The Balaban J connectivity index is 1.40. The second-order valence-corrected chi connectivity index (χ2v) is 6.39. The molecule has 1 fully saturated rings. The molecule has 1 saturated carbocycles. The minimum absolute atomic E-state index is 0.0802. The van der Waals surface area contributed by atoms with Crippen LogP contribution in [0.2, 0.25) is 0 Å². The number of carbonyl (C=O) groups excluding carboxylic acids is 1. The second kappa shape index (κ2) is 6.64. The van der Waals surface area contributed by atoms with Gasteiger partial charge in [-0.3, -0.25) is 0 Å². The first-order chi connectivity index (χ1) is 12.2. The molecule has 2 amide bonds. The highest BCUT2D eigenvalue weighted by Gasteiger charge is 2.35. The Morgan fingerprint density at radius 1 is 1.20 bits per heavy atom. The number of nitrogens with one attached hydrogen (secondary N) is 2. The summed E-state index contributed by atoms with van der Waals surface area (Å²) in [5, 5.41) is 16.7. The SMILES string of the molecule is O=C(NC[C@@H](O)c1ccco1)N[C@@H](c1cc2ccccc2o1)C1CC1. The number of aliphatic hydroxyl groups is 1. The van der Waals surface area contributed by atoms with E-state index in [0.717, 1.165) is 29.6 Å². The van der Waals surface area contributed by atoms with Gasteiger partial charge in [-0.15, -0.1) is 0 Å². The molecular weight excluding hydrogens is 320 g/mol. The van der Waals surface area contributed by atoms with E-state index >= 15 is 0 Å². The van der Waals surface area contributed by atoms with Crippen molar-refractivity contribution in [3.63, 3.8) is 0 Å². The Morgan fingerprint density at radius 2 is 2.04 bits per heavy atom. The third kappa shape index (κ3) is 3.53. The van der Waals surface area contributed by atoms with Crippen LogP contribution in [-0.4, -0.2) is 17.7 Å². The van der Waals surface area contributed by atoms with Crippen molar-refractivity contribution in [2.24, 2.45) is 5.92 Å². The molecule has 4 rings (SSSR count). The summed E-state index contributed by atoms with van der Waals surface area (Å²) in [5.74, 6) is 1.59. The van der Waals surface area contributed by atoms with Gasteiger partial charge in [0, 0.05) is 5.39 Å². The van der Waals surface area contributed by atoms with Gasteiger partial charge in [0.1, 0.15) is 23.2 Å². The predicted octanol–water partition coefficient (Wildman–Crippen LogP) is 3.51. The number of aliphatic hydroxyl groups excluding tert-OH is 1. The van der Waals surface area contributed by atoms with E-state index in [1.54, 1.807) is 12.1 Å². The highest BCUT2D eigenvalue weighted by atomic mass is 16.4. The van der Waals surface area contributed by atoms with Crippen molar-refractivity contribution in [2.45, 2.75) is 25.0 Å². The highest BCUT2D eigenvalue weighted by molar-refractivity contribution is 5.78. The van der Waals surface area contributed by atoms with Crippen LogP contribution in [-0.2, 0) is 0 Å². The van der Waals surface area contributed by atoms with Gasteiger partial charge < -0.3 is 24.6 Å². The zero-order valence-corrected chi connectivity index (χ0v) is 13.6. The molecule has 0 bridgehead atoms. The molecule has 1 aromatic carbocycles. The van der Waals surface area contributed by atoms with Crippen LogP contribution in [0.1, 0.15) is 36.5 Å². The van der Waals surface area contributed by atoms with Crippen molar-refractivity contribution < 1.29 is 18.7 Å². The van der Waals surface area contributed by atoms with Crippen molar-refractivity contribution in [2.75, 3.05) is 6.54 Å². The fourth-order valence-electron chi connectivity index (χ4n) is 2.97. The van der Waals surface area contributed by atoms with Crippen LogP contribution < -0.4 is 10.6 Å². The first-order valence-electron chi connectivity index (χ1n) is 8.45. The molecule has 3 N–H and O–H groups in total. The Hall–Kier alpha value is -2.73. The summed E-state index contributed by atoms with van der Waals surface area (Å²) in [5.41, 5.74) is 0.818. The predicted molar refractivity (Wildman–Crippen MR) is 91.9 cm³/mol. The van der Waals surface area contributed by atoms with E-state index in [1.165, 1.54) is 6.26 Å². The van der Waals surface area contributed by atoms with E-state index in [-0.39, 0.29) is 18.6 Å². The van der Waals surface area contributed by atoms with E-state index in [9.17, 15) is 9.90 Å². The van der Waals surface area contributed by atoms with Crippen molar-refractivity contribution >= 4 is 17.0 Å². The number of para-hydroxylation sites is 1. The summed E-state index contributed by atoms with van der Waals surface area (Å²) >= 11 is 0. The van der Waals surface area contributed by atoms with E-state index < -0.39 is 6.10 Å². The van der Waals surface area contributed by atoms with E-state index in [1.807, 2.05) is 30.3 Å². The van der Waals surface area contributed by atoms with Crippen LogP contribution in [0.25, 0.3) is 11.0 Å². The summed E-state index contributed by atoms with van der Waals surface area (Å²) in [6.45, 7) is 0.0802. The summed E-state index contributed by atoms with van der Waals surface area (Å²) in [6, 6.07) is 12.7. The monoisotopic (exact) mass is 340 g/mol. The number of amides is 2. The van der Waals surface area contributed by atoms with Gasteiger partial charge >= 0.3 is 6.03 Å². The molecule has 0 saturated heterocycles. The van der Waals surface area contributed by atoms with Gasteiger partial charge in [0.05, 0.1) is 18.8 Å². The summed E-state index contributed by atoms with van der Waals surface area (Å²) in [4.78, 5) is 12.2. The molecule has 0 unspecified atom stereocenters. The Labute approximate surface area is 144 Å². The molecule has 0 radical (unpaired) electrons. The van der Waals surface area contributed by atoms with Crippen LogP contribution in [0.15, 0.2) is 57.6 Å². The molecule has 6 heteroatoms. The number of carbonyl (C=O) groups is 1. The first kappa shape index (κ1) is 15.8. The lowest BCUT2D eigenvalue weighted by atomic mass is 10.1. The molecule has 2 heterocycles. The minimum Gasteiger partial charge on any atom is -0.467 e. The van der Waals surface area contributed by atoms with Gasteiger partial charge in [0.2, 0.25) is 0 Å². The van der Waals surface area contributed by atoms with Crippen molar-refractivity contribution in [1.82, 2.24) is 10.6 Å². The number of rotatable bonds is 6. The second-order valence-electron chi connectivity index (χ2n) is 6.39. The Bertz CT molecular complexity index is 818. The summed E-state index contributed by atoms with van der Waals surface area (Å²) < 4.78 is 11.0. The van der Waals surface area contributed by atoms with Crippen LogP contribution in [0.5, 0.6) is 0 Å². The number of hydrogen-bond acceptors (Lipinski definition) is 4. The first-order valence-corrected chi connectivity index (χ1v) is 8.45. The molecule has 0 aliphatic heterocycles. The van der Waals surface area contributed by atoms with Gasteiger partial charge in [0.25, 0.3) is 0 Å². The number of hydrogen-bond donors (Lipinski definition) is 3. The van der Waals surface area contributed by atoms with Gasteiger partial charge in [-0.05, 0) is 43.0 Å². The lowest BCUT2D eigenvalue weighted by molar-refractivity contribution is 0.147. The molecule has 2 atom stereocenters. The molecule has 130 valence electrons. The number of benzene rings is 1. The fourth-order valence-corrected chi connectivity index (χ4v) is 2.97. The molecule has 1 aliphatic rings. The molecular formula is C19H20N2O4. The van der Waals surface area contributed by atoms with Crippen molar-refractivity contribution in [3.05, 3.63) is 60.2 Å². The largest absolute Gasteiger partial charge is 0.467 e. The zero-order valence-electron chi connectivity index (χ0n) is 13.6. The standard InChI is InChI=1S/C19H20N2O4/c22-14(16-6-3-9-24-16)11-20-19(23)21-18(12-7-8-12)17-10-13-4-1-2-5-15(13)25-17/h1-6,9-10,12,14,18,22H,7-8,11H2,(H2,20,21,23)/t14-,18-/m1/s1. The molecule has 2 aromatic heterocycles. The van der Waals surface area contributed by atoms with Crippen molar-refractivity contribution in [3.8, 4) is 0 Å². The summed E-state index contributed by atoms with van der Waals surface area (Å²) in [7, 11) is 0. The molecule has 3 aromatic rings. The maximum Gasteiger partial charge on any atom is 0.315 e. The van der Waals surface area contributed by atoms with Crippen LogP contribution >= 0.6 is 0 Å². The number of fused-ring (bicyclic) bond motifs is 1.